The van der Waals surface area contributed by atoms with Crippen LogP contribution >= 0.6 is 0 Å². The van der Waals surface area contributed by atoms with Crippen LogP contribution in [0.25, 0.3) is 0 Å². The molecule has 1 heteroatoms. The van der Waals surface area contributed by atoms with Gasteiger partial charge in [-0.2, -0.15) is 0 Å². The maximum absolute atomic E-state index is 13.1. The molecule has 1 rings (SSSR count). The van der Waals surface area contributed by atoms with Crippen molar-refractivity contribution in [3.8, 4) is 0 Å². The molecule has 0 bridgehead atoms. The highest BCUT2D eigenvalue weighted by atomic mass is 19.1. The molecule has 1 aromatic carbocycles. The van der Waals surface area contributed by atoms with Crippen LogP contribution in [0, 0.1) is 18.7 Å². The predicted molar refractivity (Wildman–Crippen MR) is 68.1 cm³/mol. The molecule has 0 aliphatic carbocycles. The van der Waals surface area contributed by atoms with E-state index in [0.717, 1.165) is 12.0 Å². The lowest BCUT2D eigenvalue weighted by molar-refractivity contribution is 0.492. The van der Waals surface area contributed by atoms with Gasteiger partial charge in [0.2, 0.25) is 0 Å². The zero-order valence-corrected chi connectivity index (χ0v) is 10.7. The van der Waals surface area contributed by atoms with Crippen molar-refractivity contribution in [2.75, 3.05) is 0 Å². The number of hydrogen-bond acceptors (Lipinski definition) is 0. The molecule has 0 saturated heterocycles. The summed E-state index contributed by atoms with van der Waals surface area (Å²) in [6.07, 6.45) is 6.28. The predicted octanol–water partition coefficient (Wildman–Crippen LogP) is 4.89. The van der Waals surface area contributed by atoms with Gasteiger partial charge in [0.25, 0.3) is 0 Å². The Kier molecular flexibility index (Phi) is 5.51. The van der Waals surface area contributed by atoms with Gasteiger partial charge >= 0.3 is 0 Å². The minimum Gasteiger partial charge on any atom is -0.207 e. The number of halogens is 1. The lowest BCUT2D eigenvalue weighted by Crippen LogP contribution is -2.00. The minimum absolute atomic E-state index is 0.0950. The summed E-state index contributed by atoms with van der Waals surface area (Å²) in [6, 6.07) is 5.48. The van der Waals surface area contributed by atoms with Gasteiger partial charge in [-0.15, -0.1) is 0 Å². The summed E-state index contributed by atoms with van der Waals surface area (Å²) in [4.78, 5) is 0. The van der Waals surface area contributed by atoms with Crippen molar-refractivity contribution >= 4 is 0 Å². The molecular formula is C15H23F. The fourth-order valence-corrected chi connectivity index (χ4v) is 2.08. The number of aryl methyl sites for hydroxylation is 1. The first kappa shape index (κ1) is 13.2. The molecule has 0 amide bonds. The van der Waals surface area contributed by atoms with Crippen molar-refractivity contribution in [3.05, 3.63) is 35.1 Å². The summed E-state index contributed by atoms with van der Waals surface area (Å²) < 4.78 is 13.1. The SMILES string of the molecule is CCCCCC(C)Cc1ccc(F)c(C)c1. The molecule has 0 aliphatic rings. The van der Waals surface area contributed by atoms with Crippen molar-refractivity contribution < 1.29 is 4.39 Å². The molecule has 0 heterocycles. The summed E-state index contributed by atoms with van der Waals surface area (Å²) in [5.74, 6) is 0.610. The van der Waals surface area contributed by atoms with E-state index in [2.05, 4.69) is 13.8 Å². The standard InChI is InChI=1S/C15H23F/c1-4-5-6-7-12(2)10-14-8-9-15(16)13(3)11-14/h8-9,11-12H,4-7,10H2,1-3H3. The van der Waals surface area contributed by atoms with Gasteiger partial charge in [0, 0.05) is 0 Å². The second-order valence-electron chi connectivity index (χ2n) is 4.89. The molecule has 0 fully saturated rings. The van der Waals surface area contributed by atoms with E-state index in [0.29, 0.717) is 5.92 Å². The van der Waals surface area contributed by atoms with Crippen molar-refractivity contribution in [2.24, 2.45) is 5.92 Å². The minimum atomic E-state index is -0.0950. The van der Waals surface area contributed by atoms with Crippen LogP contribution in [0.3, 0.4) is 0 Å². The van der Waals surface area contributed by atoms with Gasteiger partial charge in [-0.1, -0.05) is 51.7 Å². The van der Waals surface area contributed by atoms with Gasteiger partial charge < -0.3 is 0 Å². The van der Waals surface area contributed by atoms with E-state index in [1.165, 1.54) is 31.2 Å². The molecule has 0 nitrogen and oxygen atoms in total. The third kappa shape index (κ3) is 4.34. The Morgan fingerprint density at radius 3 is 2.62 bits per heavy atom. The molecule has 16 heavy (non-hydrogen) atoms. The lowest BCUT2D eigenvalue weighted by atomic mass is 9.95. The van der Waals surface area contributed by atoms with Crippen LogP contribution in [-0.2, 0) is 6.42 Å². The van der Waals surface area contributed by atoms with E-state index >= 15 is 0 Å². The van der Waals surface area contributed by atoms with E-state index in [-0.39, 0.29) is 5.82 Å². The number of rotatable bonds is 6. The number of hydrogen-bond donors (Lipinski definition) is 0. The lowest BCUT2D eigenvalue weighted by Gasteiger charge is -2.11. The summed E-state index contributed by atoms with van der Waals surface area (Å²) in [7, 11) is 0. The smallest absolute Gasteiger partial charge is 0.126 e. The van der Waals surface area contributed by atoms with Gasteiger partial charge in [-0.25, -0.2) is 4.39 Å². The van der Waals surface area contributed by atoms with Crippen molar-refractivity contribution in [1.29, 1.82) is 0 Å². The zero-order valence-electron chi connectivity index (χ0n) is 10.7. The van der Waals surface area contributed by atoms with Crippen LogP contribution in [0.2, 0.25) is 0 Å². The molecular weight excluding hydrogens is 199 g/mol. The van der Waals surface area contributed by atoms with Crippen LogP contribution < -0.4 is 0 Å². The van der Waals surface area contributed by atoms with E-state index in [1.807, 2.05) is 19.1 Å². The molecule has 0 aliphatic heterocycles. The van der Waals surface area contributed by atoms with Crippen molar-refractivity contribution in [3.63, 3.8) is 0 Å². The molecule has 0 radical (unpaired) electrons. The first-order valence-electron chi connectivity index (χ1n) is 6.38. The Balaban J connectivity index is 2.43. The van der Waals surface area contributed by atoms with Crippen LogP contribution in [-0.4, -0.2) is 0 Å². The second-order valence-corrected chi connectivity index (χ2v) is 4.89. The van der Waals surface area contributed by atoms with Gasteiger partial charge in [0.05, 0.1) is 0 Å². The summed E-state index contributed by atoms with van der Waals surface area (Å²) >= 11 is 0. The van der Waals surface area contributed by atoms with Gasteiger partial charge in [0.15, 0.2) is 0 Å². The fraction of sp³-hybridized carbons (Fsp3) is 0.600. The first-order valence-corrected chi connectivity index (χ1v) is 6.38. The highest BCUT2D eigenvalue weighted by Crippen LogP contribution is 2.17. The molecule has 0 saturated carbocycles. The summed E-state index contributed by atoms with van der Waals surface area (Å²) in [5.41, 5.74) is 2.03. The largest absolute Gasteiger partial charge is 0.207 e. The highest BCUT2D eigenvalue weighted by molar-refractivity contribution is 5.24. The average molecular weight is 222 g/mol. The Bertz CT molecular complexity index is 317. The molecule has 1 unspecified atom stereocenters. The maximum atomic E-state index is 13.1. The Morgan fingerprint density at radius 2 is 2.00 bits per heavy atom. The highest BCUT2D eigenvalue weighted by Gasteiger charge is 2.05. The second kappa shape index (κ2) is 6.67. The van der Waals surface area contributed by atoms with E-state index in [4.69, 9.17) is 0 Å². The Morgan fingerprint density at radius 1 is 1.25 bits per heavy atom. The van der Waals surface area contributed by atoms with Gasteiger partial charge in [0.1, 0.15) is 5.82 Å². The van der Waals surface area contributed by atoms with Gasteiger partial charge in [-0.3, -0.25) is 0 Å². The normalized spacial score (nSPS) is 12.8. The molecule has 0 spiro atoms. The van der Waals surface area contributed by atoms with Crippen LogP contribution in [0.1, 0.15) is 50.7 Å². The van der Waals surface area contributed by atoms with Crippen molar-refractivity contribution in [1.82, 2.24) is 0 Å². The molecule has 0 N–H and O–H groups in total. The van der Waals surface area contributed by atoms with Gasteiger partial charge in [-0.05, 0) is 36.5 Å². The number of benzene rings is 1. The monoisotopic (exact) mass is 222 g/mol. The Labute approximate surface area is 98.9 Å². The van der Waals surface area contributed by atoms with Crippen molar-refractivity contribution in [2.45, 2.75) is 52.9 Å². The van der Waals surface area contributed by atoms with Crippen LogP contribution in [0.15, 0.2) is 18.2 Å². The topological polar surface area (TPSA) is 0 Å². The molecule has 90 valence electrons. The fourth-order valence-electron chi connectivity index (χ4n) is 2.08. The molecule has 0 aromatic heterocycles. The summed E-state index contributed by atoms with van der Waals surface area (Å²) in [5, 5.41) is 0. The number of unbranched alkanes of at least 4 members (excludes halogenated alkanes) is 2. The van der Waals surface area contributed by atoms with Crippen LogP contribution in [0.4, 0.5) is 4.39 Å². The Hall–Kier alpha value is -0.850. The van der Waals surface area contributed by atoms with Crippen LogP contribution in [0.5, 0.6) is 0 Å². The molecule has 1 aromatic rings. The van der Waals surface area contributed by atoms with E-state index < -0.39 is 0 Å². The maximum Gasteiger partial charge on any atom is 0.126 e. The summed E-state index contributed by atoms with van der Waals surface area (Å²) in [6.45, 7) is 6.35. The average Bonchev–Trinajstić information content (AvgIpc) is 2.24. The van der Waals surface area contributed by atoms with E-state index in [1.54, 1.807) is 6.07 Å². The zero-order chi connectivity index (χ0) is 12.0. The third-order valence-electron chi connectivity index (χ3n) is 3.11. The third-order valence-corrected chi connectivity index (χ3v) is 3.11. The first-order chi connectivity index (χ1) is 7.63. The van der Waals surface area contributed by atoms with E-state index in [9.17, 15) is 4.39 Å². The quantitative estimate of drug-likeness (QED) is 0.601. The molecule has 1 atom stereocenters.